The third kappa shape index (κ3) is 13.5. The molecule has 194 valence electrons. The number of nitrogens with two attached hydrogens (primary N) is 2. The van der Waals surface area contributed by atoms with Crippen molar-refractivity contribution in [2.24, 2.45) is 34.2 Å². The lowest BCUT2D eigenvalue weighted by Crippen LogP contribution is -2.45. The molecule has 1 rings (SSSR count). The summed E-state index contributed by atoms with van der Waals surface area (Å²) in [5, 5.41) is 2.96. The molecule has 0 spiro atoms. The third-order valence-electron chi connectivity index (χ3n) is 5.85. The van der Waals surface area contributed by atoms with Gasteiger partial charge in [0.1, 0.15) is 0 Å². The molecule has 0 aliphatic rings. The second kappa shape index (κ2) is 16.6. The van der Waals surface area contributed by atoms with Crippen molar-refractivity contribution in [1.29, 1.82) is 0 Å². The minimum atomic E-state index is -0.537. The van der Waals surface area contributed by atoms with Gasteiger partial charge >= 0.3 is 0 Å². The minimum absolute atomic E-state index is 0.0215. The van der Waals surface area contributed by atoms with Crippen LogP contribution in [0.1, 0.15) is 71.8 Å². The Balaban J connectivity index is 2.65. The van der Waals surface area contributed by atoms with E-state index >= 15 is 0 Å². The highest BCUT2D eigenvalue weighted by Crippen LogP contribution is 2.19. The van der Waals surface area contributed by atoms with Crippen molar-refractivity contribution in [3.8, 4) is 0 Å². The van der Waals surface area contributed by atoms with Gasteiger partial charge in [-0.25, -0.2) is 0 Å². The largest absolute Gasteiger partial charge is 0.370 e. The summed E-state index contributed by atoms with van der Waals surface area (Å²) in [7, 11) is 0. The number of hydrogen-bond donors (Lipinski definition) is 3. The van der Waals surface area contributed by atoms with E-state index < -0.39 is 12.0 Å². The number of nitrogens with one attached hydrogen (secondary N) is 1. The number of Topliss-reactive ketones (excluding diaryl/α,β-unsaturated/α-hetero) is 1. The van der Waals surface area contributed by atoms with Crippen LogP contribution in [0.25, 0.3) is 0 Å². The summed E-state index contributed by atoms with van der Waals surface area (Å²) in [4.78, 5) is 42.5. The SMILES string of the molecule is CC(C)CC(NC(=O)C(CC(=O)/C=C/Cc1ccccc1)C(C)C)C(=O)CCCCCN=C(N)N. The van der Waals surface area contributed by atoms with Gasteiger partial charge in [0.15, 0.2) is 17.5 Å². The maximum Gasteiger partial charge on any atom is 0.224 e. The molecule has 2 atom stereocenters. The molecular weight excluding hydrogens is 440 g/mol. The first kappa shape index (κ1) is 30.1. The zero-order valence-corrected chi connectivity index (χ0v) is 21.8. The van der Waals surface area contributed by atoms with Gasteiger partial charge in [-0.1, -0.05) is 70.5 Å². The fourth-order valence-electron chi connectivity index (χ4n) is 3.85. The number of benzene rings is 1. The zero-order valence-electron chi connectivity index (χ0n) is 21.8. The van der Waals surface area contributed by atoms with E-state index in [1.54, 1.807) is 6.08 Å². The van der Waals surface area contributed by atoms with Crippen LogP contribution in [0.3, 0.4) is 0 Å². The van der Waals surface area contributed by atoms with Crippen LogP contribution in [0.4, 0.5) is 0 Å². The van der Waals surface area contributed by atoms with E-state index in [0.717, 1.165) is 24.8 Å². The Labute approximate surface area is 210 Å². The lowest BCUT2D eigenvalue weighted by molar-refractivity contribution is -0.133. The maximum absolute atomic E-state index is 13.1. The Kier molecular flexibility index (Phi) is 14.3. The second-order valence-electron chi connectivity index (χ2n) is 9.89. The number of amides is 1. The summed E-state index contributed by atoms with van der Waals surface area (Å²) in [5.74, 6) is -0.445. The Hall–Kier alpha value is -2.96. The van der Waals surface area contributed by atoms with Crippen LogP contribution in [-0.4, -0.2) is 36.0 Å². The number of unbranched alkanes of at least 4 members (excludes halogenated alkanes) is 2. The van der Waals surface area contributed by atoms with Gasteiger partial charge in [-0.2, -0.15) is 0 Å². The van der Waals surface area contributed by atoms with Gasteiger partial charge in [0.2, 0.25) is 5.91 Å². The summed E-state index contributed by atoms with van der Waals surface area (Å²) in [5.41, 5.74) is 11.8. The first-order chi connectivity index (χ1) is 16.6. The normalized spacial score (nSPS) is 13.1. The molecule has 0 heterocycles. The molecule has 0 aliphatic heterocycles. The molecule has 0 aromatic heterocycles. The van der Waals surface area contributed by atoms with Crippen LogP contribution in [0.5, 0.6) is 0 Å². The van der Waals surface area contributed by atoms with Gasteiger partial charge in [0.25, 0.3) is 0 Å². The summed E-state index contributed by atoms with van der Waals surface area (Å²) in [6.07, 6.45) is 7.54. The van der Waals surface area contributed by atoms with Crippen molar-refractivity contribution in [2.75, 3.05) is 6.54 Å². The zero-order chi connectivity index (χ0) is 26.2. The van der Waals surface area contributed by atoms with Gasteiger partial charge < -0.3 is 16.8 Å². The molecule has 0 bridgehead atoms. The van der Waals surface area contributed by atoms with Crippen molar-refractivity contribution < 1.29 is 14.4 Å². The van der Waals surface area contributed by atoms with Crippen molar-refractivity contribution in [1.82, 2.24) is 5.32 Å². The average Bonchev–Trinajstić information content (AvgIpc) is 2.79. The second-order valence-corrected chi connectivity index (χ2v) is 9.89. The number of carbonyl (C=O) groups excluding carboxylic acids is 3. The summed E-state index contributed by atoms with van der Waals surface area (Å²) >= 11 is 0. The standard InChI is InChI=1S/C28H44N4O3/c1-20(2)18-25(26(34)16-9-6-10-17-31-28(29)30)32-27(35)24(21(3)4)19-23(33)15-11-14-22-12-7-5-8-13-22/h5,7-8,11-13,15,20-21,24-25H,6,9-10,14,16-19H2,1-4H3,(H,32,35)(H4,29,30,31)/b15-11+. The maximum atomic E-state index is 13.1. The quantitative estimate of drug-likeness (QED) is 0.133. The van der Waals surface area contributed by atoms with Crippen LogP contribution >= 0.6 is 0 Å². The highest BCUT2D eigenvalue weighted by atomic mass is 16.2. The Morgan fingerprint density at radius 1 is 1.00 bits per heavy atom. The smallest absolute Gasteiger partial charge is 0.224 e. The van der Waals surface area contributed by atoms with Crippen molar-refractivity contribution in [3.63, 3.8) is 0 Å². The minimum Gasteiger partial charge on any atom is -0.370 e. The number of guanidine groups is 1. The van der Waals surface area contributed by atoms with E-state index in [1.165, 1.54) is 0 Å². The van der Waals surface area contributed by atoms with Gasteiger partial charge in [-0.15, -0.1) is 0 Å². The highest BCUT2D eigenvalue weighted by Gasteiger charge is 2.28. The predicted molar refractivity (Wildman–Crippen MR) is 143 cm³/mol. The Morgan fingerprint density at radius 3 is 2.29 bits per heavy atom. The van der Waals surface area contributed by atoms with Gasteiger partial charge in [0, 0.05) is 25.3 Å². The van der Waals surface area contributed by atoms with E-state index in [-0.39, 0.29) is 41.7 Å². The third-order valence-corrected chi connectivity index (χ3v) is 5.85. The van der Waals surface area contributed by atoms with Crippen LogP contribution in [-0.2, 0) is 20.8 Å². The molecule has 0 saturated heterocycles. The fraction of sp³-hybridized carbons (Fsp3) is 0.571. The molecule has 7 nitrogen and oxygen atoms in total. The number of hydrogen-bond acceptors (Lipinski definition) is 4. The molecule has 1 aromatic rings. The lowest BCUT2D eigenvalue weighted by atomic mass is 9.88. The van der Waals surface area contributed by atoms with Crippen LogP contribution in [0.15, 0.2) is 47.5 Å². The van der Waals surface area contributed by atoms with E-state index in [9.17, 15) is 14.4 Å². The van der Waals surface area contributed by atoms with Gasteiger partial charge in [-0.05, 0) is 49.2 Å². The van der Waals surface area contributed by atoms with Crippen molar-refractivity contribution in [3.05, 3.63) is 48.0 Å². The molecule has 2 unspecified atom stereocenters. The Morgan fingerprint density at radius 2 is 1.69 bits per heavy atom. The van der Waals surface area contributed by atoms with E-state index in [1.807, 2.05) is 64.1 Å². The number of ketones is 2. The van der Waals surface area contributed by atoms with E-state index in [0.29, 0.717) is 25.8 Å². The molecule has 0 radical (unpaired) electrons. The molecule has 0 aliphatic carbocycles. The number of carbonyl (C=O) groups is 3. The monoisotopic (exact) mass is 484 g/mol. The van der Waals surface area contributed by atoms with Gasteiger partial charge in [0.05, 0.1) is 6.04 Å². The molecular formula is C28H44N4O3. The topological polar surface area (TPSA) is 128 Å². The van der Waals surface area contributed by atoms with Crippen LogP contribution in [0, 0.1) is 17.8 Å². The average molecular weight is 485 g/mol. The molecule has 35 heavy (non-hydrogen) atoms. The number of aliphatic imine (C=N–C) groups is 1. The molecule has 0 fully saturated rings. The first-order valence-corrected chi connectivity index (χ1v) is 12.7. The molecule has 0 saturated carbocycles. The van der Waals surface area contributed by atoms with E-state index in [2.05, 4.69) is 10.3 Å². The molecule has 7 heteroatoms. The van der Waals surface area contributed by atoms with Crippen molar-refractivity contribution in [2.45, 2.75) is 78.7 Å². The summed E-state index contributed by atoms with van der Waals surface area (Å²) in [6.45, 7) is 8.47. The predicted octanol–water partition coefficient (Wildman–Crippen LogP) is 3.95. The van der Waals surface area contributed by atoms with Gasteiger partial charge in [-0.3, -0.25) is 19.4 Å². The summed E-state index contributed by atoms with van der Waals surface area (Å²) < 4.78 is 0. The number of nitrogens with zero attached hydrogens (tertiary/aromatic N) is 1. The molecule has 1 aromatic carbocycles. The van der Waals surface area contributed by atoms with Crippen LogP contribution < -0.4 is 16.8 Å². The number of allylic oxidation sites excluding steroid dienone is 2. The van der Waals surface area contributed by atoms with E-state index in [4.69, 9.17) is 11.5 Å². The Bertz CT molecular complexity index is 843. The number of rotatable bonds is 17. The molecule has 5 N–H and O–H groups in total. The van der Waals surface area contributed by atoms with Crippen molar-refractivity contribution >= 4 is 23.4 Å². The lowest BCUT2D eigenvalue weighted by Gasteiger charge is -2.25. The first-order valence-electron chi connectivity index (χ1n) is 12.7. The summed E-state index contributed by atoms with van der Waals surface area (Å²) in [6, 6.07) is 9.36. The fourth-order valence-corrected chi connectivity index (χ4v) is 3.85. The highest BCUT2D eigenvalue weighted by molar-refractivity contribution is 5.95. The molecule has 1 amide bonds. The van der Waals surface area contributed by atoms with Crippen LogP contribution in [0.2, 0.25) is 0 Å².